The first-order chi connectivity index (χ1) is 10.6. The van der Waals surface area contributed by atoms with Gasteiger partial charge in [0.05, 0.1) is 29.0 Å². The van der Waals surface area contributed by atoms with Crippen molar-refractivity contribution in [3.8, 4) is 5.82 Å². The summed E-state index contributed by atoms with van der Waals surface area (Å²) in [5.74, 6) is 0.616. The molecule has 0 spiro atoms. The Labute approximate surface area is 125 Å². The Kier molecular flexibility index (Phi) is 3.52. The third kappa shape index (κ3) is 2.77. The maximum Gasteiger partial charge on any atom is 0.323 e. The number of aromatic amines is 1. The molecule has 3 aromatic heterocycles. The number of urea groups is 1. The second kappa shape index (κ2) is 5.64. The van der Waals surface area contributed by atoms with Gasteiger partial charge in [-0.3, -0.25) is 5.10 Å². The zero-order valence-electron chi connectivity index (χ0n) is 12.0. The van der Waals surface area contributed by atoms with E-state index >= 15 is 0 Å². The lowest BCUT2D eigenvalue weighted by Crippen LogP contribution is -2.20. The van der Waals surface area contributed by atoms with Crippen molar-refractivity contribution in [1.82, 2.24) is 29.9 Å². The second-order valence-electron chi connectivity index (χ2n) is 4.63. The summed E-state index contributed by atoms with van der Waals surface area (Å²) >= 11 is 0. The van der Waals surface area contributed by atoms with Crippen LogP contribution >= 0.6 is 0 Å². The van der Waals surface area contributed by atoms with Gasteiger partial charge < -0.3 is 10.6 Å². The number of nitrogens with one attached hydrogen (secondary N) is 3. The van der Waals surface area contributed by atoms with Gasteiger partial charge in [0.25, 0.3) is 0 Å². The fourth-order valence-corrected chi connectivity index (χ4v) is 1.93. The molecule has 0 bridgehead atoms. The lowest BCUT2D eigenvalue weighted by molar-refractivity contribution is 0.262. The normalized spacial score (nSPS) is 10.5. The van der Waals surface area contributed by atoms with Crippen LogP contribution in [0, 0.1) is 13.8 Å². The summed E-state index contributed by atoms with van der Waals surface area (Å²) in [7, 11) is 0. The summed E-state index contributed by atoms with van der Waals surface area (Å²) in [5.41, 5.74) is 2.77. The molecule has 112 valence electrons. The molecular weight excluding hydrogens is 284 g/mol. The van der Waals surface area contributed by atoms with E-state index in [1.807, 2.05) is 13.8 Å². The summed E-state index contributed by atoms with van der Waals surface area (Å²) in [6.45, 7) is 3.65. The number of carbonyl (C=O) groups excluding carboxylic acids is 1. The minimum atomic E-state index is -0.358. The maximum absolute atomic E-state index is 12.0. The van der Waals surface area contributed by atoms with Crippen LogP contribution in [0.4, 0.5) is 16.2 Å². The number of amides is 2. The number of nitrogens with zero attached hydrogens (tertiary/aromatic N) is 5. The maximum atomic E-state index is 12.0. The van der Waals surface area contributed by atoms with Crippen LogP contribution < -0.4 is 10.6 Å². The average molecular weight is 298 g/mol. The summed E-state index contributed by atoms with van der Waals surface area (Å²) in [4.78, 5) is 20.0. The molecule has 2 amide bonds. The Morgan fingerprint density at radius 2 is 2.14 bits per heavy atom. The number of hydrogen-bond acceptors (Lipinski definition) is 5. The summed E-state index contributed by atoms with van der Waals surface area (Å²) in [5, 5.41) is 16.3. The molecule has 0 aromatic carbocycles. The Morgan fingerprint density at radius 1 is 1.27 bits per heavy atom. The van der Waals surface area contributed by atoms with Gasteiger partial charge in [-0.2, -0.15) is 10.2 Å². The van der Waals surface area contributed by atoms with E-state index in [0.29, 0.717) is 17.2 Å². The first kappa shape index (κ1) is 13.7. The predicted octanol–water partition coefficient (Wildman–Crippen LogP) is 1.65. The van der Waals surface area contributed by atoms with E-state index in [9.17, 15) is 4.79 Å². The molecule has 9 heteroatoms. The number of hydrogen-bond donors (Lipinski definition) is 3. The average Bonchev–Trinajstić information content (AvgIpc) is 3.14. The van der Waals surface area contributed by atoms with Gasteiger partial charge in [0.1, 0.15) is 12.7 Å². The van der Waals surface area contributed by atoms with Crippen LogP contribution in [-0.2, 0) is 0 Å². The molecule has 0 aliphatic heterocycles. The number of anilines is 2. The largest absolute Gasteiger partial charge is 0.323 e. The quantitative estimate of drug-likeness (QED) is 0.680. The van der Waals surface area contributed by atoms with Gasteiger partial charge in [-0.15, -0.1) is 0 Å². The Bertz CT molecular complexity index is 755. The number of pyridine rings is 1. The van der Waals surface area contributed by atoms with Gasteiger partial charge in [-0.25, -0.2) is 19.4 Å². The highest BCUT2D eigenvalue weighted by molar-refractivity contribution is 6.00. The first-order valence-electron chi connectivity index (χ1n) is 6.54. The zero-order valence-corrected chi connectivity index (χ0v) is 12.0. The molecule has 0 aliphatic carbocycles. The van der Waals surface area contributed by atoms with E-state index in [1.54, 1.807) is 24.7 Å². The first-order valence-corrected chi connectivity index (χ1v) is 6.54. The third-order valence-corrected chi connectivity index (χ3v) is 3.03. The van der Waals surface area contributed by atoms with Crippen molar-refractivity contribution in [1.29, 1.82) is 0 Å². The molecule has 0 radical (unpaired) electrons. The highest BCUT2D eigenvalue weighted by Crippen LogP contribution is 2.16. The lowest BCUT2D eigenvalue weighted by atomic mass is 10.3. The minimum absolute atomic E-state index is 0.358. The Hall–Kier alpha value is -3.23. The fraction of sp³-hybridized carbons (Fsp3) is 0.154. The third-order valence-electron chi connectivity index (χ3n) is 3.03. The second-order valence-corrected chi connectivity index (χ2v) is 4.63. The number of aromatic nitrogens is 6. The van der Waals surface area contributed by atoms with Gasteiger partial charge in [0.15, 0.2) is 5.82 Å². The van der Waals surface area contributed by atoms with Crippen molar-refractivity contribution >= 4 is 17.4 Å². The molecule has 0 saturated carbocycles. The van der Waals surface area contributed by atoms with Gasteiger partial charge >= 0.3 is 6.03 Å². The van der Waals surface area contributed by atoms with Crippen LogP contribution in [0.3, 0.4) is 0 Å². The topological polar surface area (TPSA) is 113 Å². The SMILES string of the molecule is Cc1n[nH]c(C)c1NC(=O)Nc1ccc(-n2cncn2)nc1. The fourth-order valence-electron chi connectivity index (χ4n) is 1.93. The molecule has 9 nitrogen and oxygen atoms in total. The minimum Gasteiger partial charge on any atom is -0.306 e. The van der Waals surface area contributed by atoms with Crippen molar-refractivity contribution in [2.45, 2.75) is 13.8 Å². The van der Waals surface area contributed by atoms with Crippen molar-refractivity contribution in [2.75, 3.05) is 10.6 Å². The van der Waals surface area contributed by atoms with Gasteiger partial charge in [-0.1, -0.05) is 0 Å². The Balaban J connectivity index is 1.67. The van der Waals surface area contributed by atoms with Gasteiger partial charge in [-0.05, 0) is 26.0 Å². The van der Waals surface area contributed by atoms with Crippen LogP contribution in [0.5, 0.6) is 0 Å². The zero-order chi connectivity index (χ0) is 15.5. The number of carbonyl (C=O) groups is 1. The van der Waals surface area contributed by atoms with E-state index in [0.717, 1.165) is 11.4 Å². The van der Waals surface area contributed by atoms with Crippen molar-refractivity contribution in [3.63, 3.8) is 0 Å². The van der Waals surface area contributed by atoms with Crippen molar-refractivity contribution in [3.05, 3.63) is 42.4 Å². The molecule has 0 atom stereocenters. The van der Waals surface area contributed by atoms with Gasteiger partial charge in [0.2, 0.25) is 0 Å². The van der Waals surface area contributed by atoms with Gasteiger partial charge in [0, 0.05) is 0 Å². The monoisotopic (exact) mass is 298 g/mol. The van der Waals surface area contributed by atoms with E-state index in [1.165, 1.54) is 11.0 Å². The predicted molar refractivity (Wildman–Crippen MR) is 79.9 cm³/mol. The molecular formula is C13H14N8O. The molecule has 0 saturated heterocycles. The molecule has 22 heavy (non-hydrogen) atoms. The standard InChI is InChI=1S/C13H14N8O/c1-8-12(9(2)20-19-8)18-13(22)17-10-3-4-11(15-5-10)21-7-14-6-16-21/h3-7H,1-2H3,(H,19,20)(H2,17,18,22). The van der Waals surface area contributed by atoms with E-state index in [-0.39, 0.29) is 6.03 Å². The molecule has 3 N–H and O–H groups in total. The molecule has 0 unspecified atom stereocenters. The number of rotatable bonds is 3. The van der Waals surface area contributed by atoms with Crippen LogP contribution in [-0.4, -0.2) is 36.0 Å². The lowest BCUT2D eigenvalue weighted by Gasteiger charge is -2.08. The molecule has 3 rings (SSSR count). The van der Waals surface area contributed by atoms with Crippen LogP contribution in [0.15, 0.2) is 31.0 Å². The van der Waals surface area contributed by atoms with E-state index < -0.39 is 0 Å². The Morgan fingerprint density at radius 3 is 2.73 bits per heavy atom. The summed E-state index contributed by atoms with van der Waals surface area (Å²) in [6.07, 6.45) is 4.52. The smallest absolute Gasteiger partial charge is 0.306 e. The van der Waals surface area contributed by atoms with E-state index in [2.05, 4.69) is 35.9 Å². The molecule has 3 heterocycles. The molecule has 0 fully saturated rings. The van der Waals surface area contributed by atoms with Crippen LogP contribution in [0.25, 0.3) is 5.82 Å². The highest BCUT2D eigenvalue weighted by atomic mass is 16.2. The summed E-state index contributed by atoms with van der Waals surface area (Å²) < 4.78 is 1.53. The number of H-pyrrole nitrogens is 1. The molecule has 0 aliphatic rings. The molecule has 3 aromatic rings. The van der Waals surface area contributed by atoms with Crippen LogP contribution in [0.2, 0.25) is 0 Å². The van der Waals surface area contributed by atoms with E-state index in [4.69, 9.17) is 0 Å². The number of aryl methyl sites for hydroxylation is 2. The highest BCUT2D eigenvalue weighted by Gasteiger charge is 2.10. The van der Waals surface area contributed by atoms with Crippen molar-refractivity contribution < 1.29 is 4.79 Å². The van der Waals surface area contributed by atoms with Crippen LogP contribution in [0.1, 0.15) is 11.4 Å². The van der Waals surface area contributed by atoms with Crippen molar-refractivity contribution in [2.24, 2.45) is 0 Å². The summed E-state index contributed by atoms with van der Waals surface area (Å²) in [6, 6.07) is 3.11.